The summed E-state index contributed by atoms with van der Waals surface area (Å²) in [5.74, 6) is -0.196. The van der Waals surface area contributed by atoms with Gasteiger partial charge in [-0.3, -0.25) is 14.2 Å². The fraction of sp³-hybridized carbons (Fsp3) is 0.167. The first-order valence-electron chi connectivity index (χ1n) is 6.10. The number of anilines is 2. The molecular formula is C12H15N5O3S. The average Bonchev–Trinajstić information content (AvgIpc) is 2.87. The van der Waals surface area contributed by atoms with Gasteiger partial charge in [-0.2, -0.15) is 13.5 Å². The number of aromatic nitrogens is 2. The minimum Gasteiger partial charge on any atom is -0.326 e. The fourth-order valence-corrected chi connectivity index (χ4v) is 2.15. The molecule has 1 aromatic heterocycles. The number of carbonyl (C=O) groups excluding carboxylic acids is 1. The van der Waals surface area contributed by atoms with Crippen molar-refractivity contribution in [1.82, 2.24) is 9.78 Å². The number of amides is 1. The quantitative estimate of drug-likeness (QED) is 0.721. The molecule has 4 N–H and O–H groups in total. The second-order valence-corrected chi connectivity index (χ2v) is 5.59. The van der Waals surface area contributed by atoms with Crippen LogP contribution >= 0.6 is 0 Å². The zero-order valence-corrected chi connectivity index (χ0v) is 11.9. The van der Waals surface area contributed by atoms with E-state index in [0.29, 0.717) is 12.2 Å². The highest BCUT2D eigenvalue weighted by Gasteiger charge is 2.06. The van der Waals surface area contributed by atoms with Gasteiger partial charge in [0.15, 0.2) is 0 Å². The van der Waals surface area contributed by atoms with E-state index in [-0.39, 0.29) is 18.0 Å². The Morgan fingerprint density at radius 3 is 2.71 bits per heavy atom. The Bertz CT molecular complexity index is 712. The average molecular weight is 309 g/mol. The largest absolute Gasteiger partial charge is 0.326 e. The molecule has 8 nitrogen and oxygen atoms in total. The summed E-state index contributed by atoms with van der Waals surface area (Å²) in [6, 6.07) is 8.05. The van der Waals surface area contributed by atoms with Crippen molar-refractivity contribution < 1.29 is 13.2 Å². The zero-order valence-electron chi connectivity index (χ0n) is 11.1. The summed E-state index contributed by atoms with van der Waals surface area (Å²) in [4.78, 5) is 11.8. The van der Waals surface area contributed by atoms with Crippen LogP contribution in [-0.2, 0) is 21.5 Å². The second-order valence-electron chi connectivity index (χ2n) is 4.30. The van der Waals surface area contributed by atoms with Crippen molar-refractivity contribution in [3.8, 4) is 0 Å². The molecule has 0 saturated carbocycles. The molecule has 112 valence electrons. The molecular weight excluding hydrogens is 294 g/mol. The normalized spacial score (nSPS) is 11.1. The molecule has 0 unspecified atom stereocenters. The van der Waals surface area contributed by atoms with Gasteiger partial charge in [-0.25, -0.2) is 5.14 Å². The van der Waals surface area contributed by atoms with Crippen LogP contribution < -0.4 is 15.2 Å². The standard InChI is InChI=1S/C12H15N5O3S/c13-21(19,20)16-11-4-1-3-10(9-11)15-12(18)5-8-17-7-2-6-14-17/h1-4,6-7,9,16H,5,8H2,(H,15,18)(H2,13,19,20). The molecule has 2 rings (SSSR count). The Labute approximate surface area is 122 Å². The molecule has 21 heavy (non-hydrogen) atoms. The van der Waals surface area contributed by atoms with Gasteiger partial charge in [0.25, 0.3) is 10.2 Å². The molecule has 0 saturated heterocycles. The van der Waals surface area contributed by atoms with Gasteiger partial charge in [0, 0.05) is 31.0 Å². The van der Waals surface area contributed by atoms with E-state index in [1.54, 1.807) is 35.3 Å². The third-order valence-electron chi connectivity index (χ3n) is 2.53. The lowest BCUT2D eigenvalue weighted by Gasteiger charge is -2.08. The van der Waals surface area contributed by atoms with E-state index in [4.69, 9.17) is 5.14 Å². The highest BCUT2D eigenvalue weighted by molar-refractivity contribution is 7.90. The number of aryl methyl sites for hydroxylation is 1. The molecule has 0 aliphatic rings. The van der Waals surface area contributed by atoms with E-state index in [0.717, 1.165) is 0 Å². The van der Waals surface area contributed by atoms with Gasteiger partial charge in [-0.05, 0) is 24.3 Å². The maximum Gasteiger partial charge on any atom is 0.296 e. The zero-order chi connectivity index (χ0) is 15.3. The summed E-state index contributed by atoms with van der Waals surface area (Å²) >= 11 is 0. The number of hydrogen-bond acceptors (Lipinski definition) is 4. The Hall–Kier alpha value is -2.39. The Morgan fingerprint density at radius 2 is 2.05 bits per heavy atom. The van der Waals surface area contributed by atoms with Gasteiger partial charge in [0.2, 0.25) is 5.91 Å². The number of nitrogens with two attached hydrogens (primary N) is 1. The first-order chi connectivity index (χ1) is 9.92. The minimum absolute atomic E-state index is 0.196. The van der Waals surface area contributed by atoms with Crippen LogP contribution in [-0.4, -0.2) is 24.1 Å². The smallest absolute Gasteiger partial charge is 0.296 e. The van der Waals surface area contributed by atoms with Crippen molar-refractivity contribution >= 4 is 27.5 Å². The van der Waals surface area contributed by atoms with Crippen molar-refractivity contribution in [2.24, 2.45) is 5.14 Å². The van der Waals surface area contributed by atoms with Crippen LogP contribution in [0.2, 0.25) is 0 Å². The van der Waals surface area contributed by atoms with Gasteiger partial charge in [-0.15, -0.1) is 0 Å². The molecule has 1 aromatic carbocycles. The number of nitrogens with zero attached hydrogens (tertiary/aromatic N) is 2. The van der Waals surface area contributed by atoms with Gasteiger partial charge >= 0.3 is 0 Å². The van der Waals surface area contributed by atoms with Crippen LogP contribution in [0.25, 0.3) is 0 Å². The van der Waals surface area contributed by atoms with E-state index in [1.165, 1.54) is 12.1 Å². The molecule has 0 spiro atoms. The number of hydrogen-bond donors (Lipinski definition) is 3. The van der Waals surface area contributed by atoms with Crippen LogP contribution in [0, 0.1) is 0 Å². The SMILES string of the molecule is NS(=O)(=O)Nc1cccc(NC(=O)CCn2cccn2)c1. The highest BCUT2D eigenvalue weighted by atomic mass is 32.2. The highest BCUT2D eigenvalue weighted by Crippen LogP contribution is 2.15. The van der Waals surface area contributed by atoms with Crippen LogP contribution in [0.4, 0.5) is 11.4 Å². The predicted molar refractivity (Wildman–Crippen MR) is 78.6 cm³/mol. The number of nitrogens with one attached hydrogen (secondary N) is 2. The topological polar surface area (TPSA) is 119 Å². The monoisotopic (exact) mass is 309 g/mol. The lowest BCUT2D eigenvalue weighted by atomic mass is 10.2. The summed E-state index contributed by atoms with van der Waals surface area (Å²) in [6.45, 7) is 0.466. The van der Waals surface area contributed by atoms with Crippen molar-refractivity contribution in [3.63, 3.8) is 0 Å². The summed E-state index contributed by atoms with van der Waals surface area (Å²) in [7, 11) is -3.84. The van der Waals surface area contributed by atoms with Crippen LogP contribution in [0.15, 0.2) is 42.7 Å². The second kappa shape index (κ2) is 6.37. The van der Waals surface area contributed by atoms with Gasteiger partial charge in [-0.1, -0.05) is 6.07 Å². The molecule has 1 heterocycles. The first-order valence-corrected chi connectivity index (χ1v) is 7.65. The van der Waals surface area contributed by atoms with Gasteiger partial charge < -0.3 is 5.32 Å². The first kappa shape index (κ1) is 15.0. The Morgan fingerprint density at radius 1 is 1.29 bits per heavy atom. The fourth-order valence-electron chi connectivity index (χ4n) is 1.70. The van der Waals surface area contributed by atoms with E-state index in [1.807, 2.05) is 0 Å². The lowest BCUT2D eigenvalue weighted by Crippen LogP contribution is -2.21. The molecule has 0 bridgehead atoms. The maximum absolute atomic E-state index is 11.8. The van der Waals surface area contributed by atoms with Gasteiger partial charge in [0.05, 0.1) is 5.69 Å². The van der Waals surface area contributed by atoms with E-state index in [9.17, 15) is 13.2 Å². The Kier molecular flexibility index (Phi) is 4.55. The van der Waals surface area contributed by atoms with Crippen molar-refractivity contribution in [2.45, 2.75) is 13.0 Å². The number of rotatable bonds is 6. The number of benzene rings is 1. The summed E-state index contributed by atoms with van der Waals surface area (Å²) in [6.07, 6.45) is 3.67. The van der Waals surface area contributed by atoms with Crippen molar-refractivity contribution in [1.29, 1.82) is 0 Å². The van der Waals surface area contributed by atoms with E-state index < -0.39 is 10.2 Å². The molecule has 0 atom stereocenters. The molecule has 0 aliphatic heterocycles. The van der Waals surface area contributed by atoms with Crippen molar-refractivity contribution in [2.75, 3.05) is 10.0 Å². The van der Waals surface area contributed by atoms with E-state index >= 15 is 0 Å². The van der Waals surface area contributed by atoms with Gasteiger partial charge in [0.1, 0.15) is 0 Å². The summed E-state index contributed by atoms with van der Waals surface area (Å²) < 4.78 is 25.7. The van der Waals surface area contributed by atoms with Crippen LogP contribution in [0.1, 0.15) is 6.42 Å². The van der Waals surface area contributed by atoms with Crippen molar-refractivity contribution in [3.05, 3.63) is 42.7 Å². The third-order valence-corrected chi connectivity index (χ3v) is 3.05. The Balaban J connectivity index is 1.93. The van der Waals surface area contributed by atoms with Crippen LogP contribution in [0.5, 0.6) is 0 Å². The van der Waals surface area contributed by atoms with E-state index in [2.05, 4.69) is 15.1 Å². The summed E-state index contributed by atoms with van der Waals surface area (Å²) in [5, 5.41) is 11.6. The minimum atomic E-state index is -3.84. The molecule has 2 aromatic rings. The molecule has 0 fully saturated rings. The maximum atomic E-state index is 11.8. The molecule has 9 heteroatoms. The summed E-state index contributed by atoms with van der Waals surface area (Å²) in [5.41, 5.74) is 0.761. The predicted octanol–water partition coefficient (Wildman–Crippen LogP) is 0.527. The number of carbonyl (C=O) groups is 1. The molecule has 1 amide bonds. The molecule has 0 radical (unpaired) electrons. The third kappa shape index (κ3) is 5.24. The molecule has 0 aliphatic carbocycles. The van der Waals surface area contributed by atoms with Crippen LogP contribution in [0.3, 0.4) is 0 Å². The lowest BCUT2D eigenvalue weighted by molar-refractivity contribution is -0.116.